The van der Waals surface area contributed by atoms with E-state index in [0.717, 1.165) is 32.8 Å². The summed E-state index contributed by atoms with van der Waals surface area (Å²) in [5.41, 5.74) is 0.461. The molecule has 2 aliphatic rings. The number of halogens is 1. The van der Waals surface area contributed by atoms with Crippen LogP contribution in [0.1, 0.15) is 10.5 Å². The molecule has 2 saturated heterocycles. The van der Waals surface area contributed by atoms with E-state index in [4.69, 9.17) is 4.74 Å². The Morgan fingerprint density at radius 3 is 2.74 bits per heavy atom. The van der Waals surface area contributed by atoms with Crippen molar-refractivity contribution >= 4 is 16.8 Å². The molecule has 1 N–H and O–H groups in total. The number of aliphatic hydroxyl groups is 1. The number of carbonyl (C=O) groups is 1. The van der Waals surface area contributed by atoms with Crippen molar-refractivity contribution in [1.29, 1.82) is 0 Å². The maximum Gasteiger partial charge on any atom is 0.272 e. The van der Waals surface area contributed by atoms with Gasteiger partial charge in [0.1, 0.15) is 17.0 Å². The zero-order valence-electron chi connectivity index (χ0n) is 15.2. The van der Waals surface area contributed by atoms with Gasteiger partial charge in [0, 0.05) is 50.6 Å². The molecule has 0 radical (unpaired) electrons. The molecular weight excluding hydrogens is 349 g/mol. The van der Waals surface area contributed by atoms with Crippen molar-refractivity contribution in [3.63, 3.8) is 0 Å². The molecule has 27 heavy (non-hydrogen) atoms. The van der Waals surface area contributed by atoms with Gasteiger partial charge in [-0.2, -0.15) is 0 Å². The molecule has 144 valence electrons. The lowest BCUT2D eigenvalue weighted by atomic mass is 9.96. The average Bonchev–Trinajstić information content (AvgIpc) is 3.11. The topological polar surface area (TPSA) is 65.9 Å². The van der Waals surface area contributed by atoms with Crippen LogP contribution in [0.3, 0.4) is 0 Å². The SMILES string of the molecule is O=C(c1ccc2cccc(F)c2n1)N1C[C@@H](CO)[C@@H](CN2CCOCC2)C1. The number of aromatic nitrogens is 1. The minimum absolute atomic E-state index is 0.0500. The molecule has 0 spiro atoms. The van der Waals surface area contributed by atoms with Crippen molar-refractivity contribution in [1.82, 2.24) is 14.8 Å². The van der Waals surface area contributed by atoms with Crippen molar-refractivity contribution in [2.75, 3.05) is 52.5 Å². The van der Waals surface area contributed by atoms with Crippen LogP contribution in [-0.4, -0.2) is 78.3 Å². The van der Waals surface area contributed by atoms with Crippen molar-refractivity contribution < 1.29 is 19.0 Å². The number of pyridine rings is 1. The summed E-state index contributed by atoms with van der Waals surface area (Å²) in [6.45, 7) is 5.20. The maximum absolute atomic E-state index is 14.0. The third-order valence-electron chi connectivity index (χ3n) is 5.58. The van der Waals surface area contributed by atoms with Crippen LogP contribution in [0.4, 0.5) is 4.39 Å². The van der Waals surface area contributed by atoms with Crippen LogP contribution in [-0.2, 0) is 4.74 Å². The number of benzene rings is 1. The molecule has 1 aromatic heterocycles. The zero-order chi connectivity index (χ0) is 18.8. The normalized spacial score (nSPS) is 23.9. The molecule has 1 amide bonds. The van der Waals surface area contributed by atoms with Crippen LogP contribution in [0.2, 0.25) is 0 Å². The van der Waals surface area contributed by atoms with Gasteiger partial charge in [-0.25, -0.2) is 9.37 Å². The fraction of sp³-hybridized carbons (Fsp3) is 0.500. The molecule has 0 aliphatic carbocycles. The standard InChI is InChI=1S/C20H24FN3O3/c21-17-3-1-2-14-4-5-18(22-19(14)17)20(26)24-11-15(16(12-24)13-25)10-23-6-8-27-9-7-23/h1-5,15-16,25H,6-13H2/t15-,16-/m0/s1. The molecule has 2 aliphatic heterocycles. The predicted octanol–water partition coefficient (Wildman–Crippen LogP) is 1.39. The molecule has 2 aromatic rings. The quantitative estimate of drug-likeness (QED) is 0.877. The lowest BCUT2D eigenvalue weighted by Crippen LogP contribution is -2.41. The van der Waals surface area contributed by atoms with Gasteiger partial charge in [-0.1, -0.05) is 18.2 Å². The molecule has 0 unspecified atom stereocenters. The van der Waals surface area contributed by atoms with Crippen LogP contribution in [0, 0.1) is 17.7 Å². The summed E-state index contributed by atoms with van der Waals surface area (Å²) < 4.78 is 19.4. The lowest BCUT2D eigenvalue weighted by Gasteiger charge is -2.30. The molecule has 0 bridgehead atoms. The van der Waals surface area contributed by atoms with Gasteiger partial charge in [-0.15, -0.1) is 0 Å². The fourth-order valence-electron chi connectivity index (χ4n) is 4.03. The van der Waals surface area contributed by atoms with E-state index >= 15 is 0 Å². The first-order valence-electron chi connectivity index (χ1n) is 9.41. The Kier molecular flexibility index (Phi) is 5.33. The highest BCUT2D eigenvalue weighted by molar-refractivity contribution is 5.95. The summed E-state index contributed by atoms with van der Waals surface area (Å²) in [6, 6.07) is 8.12. The van der Waals surface area contributed by atoms with Crippen molar-refractivity contribution in [2.24, 2.45) is 11.8 Å². The average molecular weight is 373 g/mol. The number of likely N-dealkylation sites (tertiary alicyclic amines) is 1. The van der Waals surface area contributed by atoms with Crippen molar-refractivity contribution in [2.45, 2.75) is 0 Å². The van der Waals surface area contributed by atoms with E-state index in [2.05, 4.69) is 9.88 Å². The van der Waals surface area contributed by atoms with E-state index in [0.29, 0.717) is 18.5 Å². The Bertz CT molecular complexity index is 825. The third-order valence-corrected chi connectivity index (χ3v) is 5.58. The molecule has 2 fully saturated rings. The Labute approximate surface area is 157 Å². The smallest absolute Gasteiger partial charge is 0.272 e. The summed E-state index contributed by atoms with van der Waals surface area (Å²) in [7, 11) is 0. The molecule has 1 aromatic carbocycles. The number of carbonyl (C=O) groups excluding carboxylic acids is 1. The van der Waals surface area contributed by atoms with Crippen LogP contribution in [0.5, 0.6) is 0 Å². The Balaban J connectivity index is 1.49. The zero-order valence-corrected chi connectivity index (χ0v) is 15.2. The Morgan fingerprint density at radius 2 is 1.96 bits per heavy atom. The molecule has 0 saturated carbocycles. The second-order valence-electron chi connectivity index (χ2n) is 7.33. The van der Waals surface area contributed by atoms with E-state index in [1.807, 2.05) is 0 Å². The number of hydrogen-bond acceptors (Lipinski definition) is 5. The summed E-state index contributed by atoms with van der Waals surface area (Å²) >= 11 is 0. The van der Waals surface area contributed by atoms with Gasteiger partial charge in [0.15, 0.2) is 0 Å². The first-order valence-corrected chi connectivity index (χ1v) is 9.41. The van der Waals surface area contributed by atoms with E-state index in [1.54, 1.807) is 29.2 Å². The van der Waals surface area contributed by atoms with Crippen LogP contribution >= 0.6 is 0 Å². The minimum atomic E-state index is -0.429. The van der Waals surface area contributed by atoms with Crippen LogP contribution in [0.25, 0.3) is 10.9 Å². The second-order valence-corrected chi connectivity index (χ2v) is 7.33. The molecule has 6 nitrogen and oxygen atoms in total. The Hall–Kier alpha value is -2.09. The highest BCUT2D eigenvalue weighted by atomic mass is 19.1. The van der Waals surface area contributed by atoms with Crippen LogP contribution < -0.4 is 0 Å². The molecule has 4 rings (SSSR count). The van der Waals surface area contributed by atoms with Crippen molar-refractivity contribution in [3.8, 4) is 0 Å². The van der Waals surface area contributed by atoms with Crippen LogP contribution in [0.15, 0.2) is 30.3 Å². The number of amides is 1. The van der Waals surface area contributed by atoms with E-state index in [9.17, 15) is 14.3 Å². The van der Waals surface area contributed by atoms with Gasteiger partial charge < -0.3 is 14.7 Å². The van der Waals surface area contributed by atoms with Gasteiger partial charge in [-0.05, 0) is 18.1 Å². The molecular formula is C20H24FN3O3. The van der Waals surface area contributed by atoms with Gasteiger partial charge in [0.25, 0.3) is 5.91 Å². The van der Waals surface area contributed by atoms with Gasteiger partial charge in [-0.3, -0.25) is 9.69 Å². The third kappa shape index (κ3) is 3.81. The number of ether oxygens (including phenoxy) is 1. The fourth-order valence-corrected chi connectivity index (χ4v) is 4.03. The maximum atomic E-state index is 14.0. The van der Waals surface area contributed by atoms with E-state index < -0.39 is 5.82 Å². The molecule has 3 heterocycles. The first kappa shape index (κ1) is 18.3. The first-order chi connectivity index (χ1) is 13.2. The summed E-state index contributed by atoms with van der Waals surface area (Å²) in [5.74, 6) is -0.367. The summed E-state index contributed by atoms with van der Waals surface area (Å²) in [5, 5.41) is 10.4. The number of nitrogens with zero attached hydrogens (tertiary/aromatic N) is 3. The monoisotopic (exact) mass is 373 g/mol. The Morgan fingerprint density at radius 1 is 1.19 bits per heavy atom. The lowest BCUT2D eigenvalue weighted by molar-refractivity contribution is 0.0264. The van der Waals surface area contributed by atoms with E-state index in [1.165, 1.54) is 6.07 Å². The van der Waals surface area contributed by atoms with Crippen molar-refractivity contribution in [3.05, 3.63) is 41.8 Å². The summed E-state index contributed by atoms with van der Waals surface area (Å²) in [6.07, 6.45) is 0. The van der Waals surface area contributed by atoms with Gasteiger partial charge >= 0.3 is 0 Å². The number of morpholine rings is 1. The highest BCUT2D eigenvalue weighted by Gasteiger charge is 2.36. The number of fused-ring (bicyclic) bond motifs is 1. The van der Waals surface area contributed by atoms with Gasteiger partial charge in [0.05, 0.1) is 13.2 Å². The largest absolute Gasteiger partial charge is 0.396 e. The predicted molar refractivity (Wildman–Crippen MR) is 98.9 cm³/mol. The highest BCUT2D eigenvalue weighted by Crippen LogP contribution is 2.26. The van der Waals surface area contributed by atoms with E-state index in [-0.39, 0.29) is 35.6 Å². The number of aliphatic hydroxyl groups excluding tert-OH is 1. The van der Waals surface area contributed by atoms with Gasteiger partial charge in [0.2, 0.25) is 0 Å². The number of rotatable bonds is 4. The second kappa shape index (κ2) is 7.88. The summed E-state index contributed by atoms with van der Waals surface area (Å²) in [4.78, 5) is 21.2. The minimum Gasteiger partial charge on any atom is -0.396 e. The number of para-hydroxylation sites is 1. The number of hydrogen-bond donors (Lipinski definition) is 1. The molecule has 2 atom stereocenters. The molecule has 7 heteroatoms.